The van der Waals surface area contributed by atoms with Crippen molar-refractivity contribution >= 4 is 5.91 Å². The second-order valence-electron chi connectivity index (χ2n) is 4.35. The molecule has 1 heterocycles. The minimum atomic E-state index is -0.646. The zero-order valence-corrected chi connectivity index (χ0v) is 9.39. The fourth-order valence-corrected chi connectivity index (χ4v) is 1.58. The van der Waals surface area contributed by atoms with Gasteiger partial charge in [-0.1, -0.05) is 0 Å². The first-order chi connectivity index (χ1) is 8.15. The Labute approximate surface area is 99.6 Å². The number of hydrogen-bond donors (Lipinski definition) is 2. The predicted octanol–water partition coefficient (Wildman–Crippen LogP) is 0.124. The van der Waals surface area contributed by atoms with E-state index in [0.29, 0.717) is 6.42 Å². The predicted molar refractivity (Wildman–Crippen MR) is 61.6 cm³/mol. The number of carbonyl (C=O) groups excluding carboxylic acids is 1. The molecule has 0 aromatic carbocycles. The van der Waals surface area contributed by atoms with Gasteiger partial charge in [0.2, 0.25) is 5.91 Å². The normalized spacial score (nSPS) is 17.9. The first kappa shape index (κ1) is 11.6. The number of nitrogens with one attached hydrogen (secondary N) is 1. The molecule has 0 bridgehead atoms. The summed E-state index contributed by atoms with van der Waals surface area (Å²) in [5.74, 6) is -0.263. The maximum Gasteiger partial charge on any atom is 0.238 e. The van der Waals surface area contributed by atoms with Gasteiger partial charge in [-0.15, -0.1) is 0 Å². The van der Waals surface area contributed by atoms with Gasteiger partial charge in [-0.05, 0) is 37.0 Å². The van der Waals surface area contributed by atoms with Gasteiger partial charge in [0.1, 0.15) is 5.54 Å². The van der Waals surface area contributed by atoms with Gasteiger partial charge in [0.15, 0.2) is 0 Å². The van der Waals surface area contributed by atoms with Crippen molar-refractivity contribution in [3.63, 3.8) is 0 Å². The van der Waals surface area contributed by atoms with Gasteiger partial charge in [0, 0.05) is 12.4 Å². The summed E-state index contributed by atoms with van der Waals surface area (Å²) in [6.07, 6.45) is 5.22. The third-order valence-electron chi connectivity index (χ3n) is 2.87. The van der Waals surface area contributed by atoms with Crippen molar-refractivity contribution in [3.8, 4) is 6.07 Å². The molecule has 5 heteroatoms. The summed E-state index contributed by atoms with van der Waals surface area (Å²) in [4.78, 5) is 15.7. The molecule has 5 nitrogen and oxygen atoms in total. The molecule has 3 N–H and O–H groups in total. The maximum absolute atomic E-state index is 11.8. The highest BCUT2D eigenvalue weighted by molar-refractivity contribution is 5.83. The van der Waals surface area contributed by atoms with Gasteiger partial charge in [0.25, 0.3) is 0 Å². The van der Waals surface area contributed by atoms with Crippen LogP contribution in [-0.4, -0.2) is 22.5 Å². The largest absolute Gasteiger partial charge is 0.336 e. The number of hydrogen-bond acceptors (Lipinski definition) is 4. The highest BCUT2D eigenvalue weighted by Gasteiger charge is 2.45. The van der Waals surface area contributed by atoms with E-state index in [9.17, 15) is 4.79 Å². The number of nitrogens with two attached hydrogens (primary N) is 1. The first-order valence-corrected chi connectivity index (χ1v) is 5.53. The van der Waals surface area contributed by atoms with Crippen LogP contribution in [0.5, 0.6) is 0 Å². The first-order valence-electron chi connectivity index (χ1n) is 5.53. The molecule has 1 saturated carbocycles. The van der Waals surface area contributed by atoms with Crippen molar-refractivity contribution in [1.29, 1.82) is 5.26 Å². The van der Waals surface area contributed by atoms with Gasteiger partial charge < -0.3 is 11.1 Å². The third-order valence-corrected chi connectivity index (χ3v) is 2.87. The number of nitrogens with zero attached hydrogens (tertiary/aromatic N) is 2. The Bertz CT molecular complexity index is 447. The minimum absolute atomic E-state index is 0.263. The Balaban J connectivity index is 1.90. The van der Waals surface area contributed by atoms with Gasteiger partial charge >= 0.3 is 0 Å². The molecule has 88 valence electrons. The van der Waals surface area contributed by atoms with E-state index in [4.69, 9.17) is 11.0 Å². The fraction of sp³-hybridized carbons (Fsp3) is 0.417. The van der Waals surface area contributed by atoms with Crippen molar-refractivity contribution < 1.29 is 4.79 Å². The molecule has 0 unspecified atom stereocenters. The van der Waals surface area contributed by atoms with Crippen LogP contribution >= 0.6 is 0 Å². The summed E-state index contributed by atoms with van der Waals surface area (Å²) in [5, 5.41) is 11.6. The lowest BCUT2D eigenvalue weighted by molar-refractivity contribution is -0.122. The van der Waals surface area contributed by atoms with Crippen molar-refractivity contribution in [2.45, 2.75) is 30.8 Å². The van der Waals surface area contributed by atoms with Crippen molar-refractivity contribution in [1.82, 2.24) is 10.3 Å². The Morgan fingerprint density at radius 2 is 2.24 bits per heavy atom. The molecule has 1 aromatic rings. The van der Waals surface area contributed by atoms with E-state index in [-0.39, 0.29) is 5.91 Å². The van der Waals surface area contributed by atoms with Crippen LogP contribution in [0.25, 0.3) is 0 Å². The van der Waals surface area contributed by atoms with Crippen LogP contribution in [0.15, 0.2) is 24.5 Å². The van der Waals surface area contributed by atoms with Gasteiger partial charge in [-0.2, -0.15) is 5.26 Å². The Morgan fingerprint density at radius 3 is 2.76 bits per heavy atom. The van der Waals surface area contributed by atoms with Crippen molar-refractivity contribution in [2.24, 2.45) is 5.73 Å². The third kappa shape index (κ3) is 2.80. The van der Waals surface area contributed by atoms with E-state index in [2.05, 4.69) is 16.4 Å². The zero-order valence-electron chi connectivity index (χ0n) is 9.39. The molecule has 0 saturated heterocycles. The van der Waals surface area contributed by atoms with Gasteiger partial charge in [-0.3, -0.25) is 9.78 Å². The lowest BCUT2D eigenvalue weighted by atomic mass is 10.1. The van der Waals surface area contributed by atoms with E-state index < -0.39 is 11.6 Å². The summed E-state index contributed by atoms with van der Waals surface area (Å²) >= 11 is 0. The lowest BCUT2D eigenvalue weighted by Gasteiger charge is -2.14. The number of pyridine rings is 1. The van der Waals surface area contributed by atoms with Crippen LogP contribution in [0.4, 0.5) is 0 Å². The average molecular weight is 230 g/mol. The summed E-state index contributed by atoms with van der Waals surface area (Å²) in [6, 6.07) is 5.13. The number of amides is 1. The quantitative estimate of drug-likeness (QED) is 0.768. The minimum Gasteiger partial charge on any atom is -0.336 e. The van der Waals surface area contributed by atoms with Crippen LogP contribution in [0.2, 0.25) is 0 Å². The van der Waals surface area contributed by atoms with Crippen LogP contribution in [0.1, 0.15) is 18.4 Å². The Morgan fingerprint density at radius 1 is 1.59 bits per heavy atom. The smallest absolute Gasteiger partial charge is 0.238 e. The molecule has 1 aliphatic carbocycles. The summed E-state index contributed by atoms with van der Waals surface area (Å²) < 4.78 is 0. The summed E-state index contributed by atoms with van der Waals surface area (Å²) in [7, 11) is 0. The molecule has 1 fully saturated rings. The van der Waals surface area contributed by atoms with Crippen LogP contribution in [-0.2, 0) is 11.2 Å². The lowest BCUT2D eigenvalue weighted by Crippen LogP contribution is -2.47. The number of aromatic nitrogens is 1. The molecule has 17 heavy (non-hydrogen) atoms. The zero-order chi connectivity index (χ0) is 12.3. The monoisotopic (exact) mass is 230 g/mol. The van der Waals surface area contributed by atoms with E-state index in [0.717, 1.165) is 18.4 Å². The molecular weight excluding hydrogens is 216 g/mol. The van der Waals surface area contributed by atoms with Crippen LogP contribution < -0.4 is 11.1 Å². The average Bonchev–Trinajstić information content (AvgIpc) is 3.11. The molecule has 0 aliphatic heterocycles. The SMILES string of the molecule is N#CC1(NC(=O)[C@@H](N)Cc2ccncc2)CC1. The second kappa shape index (κ2) is 4.52. The highest BCUT2D eigenvalue weighted by Crippen LogP contribution is 2.34. The summed E-state index contributed by atoms with van der Waals surface area (Å²) in [5.41, 5.74) is 6.11. The molecule has 0 spiro atoms. The van der Waals surface area contributed by atoms with Gasteiger partial charge in [-0.25, -0.2) is 0 Å². The fourth-order valence-electron chi connectivity index (χ4n) is 1.58. The van der Waals surface area contributed by atoms with E-state index in [1.165, 1.54) is 0 Å². The molecule has 1 atom stereocenters. The highest BCUT2D eigenvalue weighted by atomic mass is 16.2. The molecule has 1 aliphatic rings. The summed E-state index contributed by atoms with van der Waals surface area (Å²) in [6.45, 7) is 0. The van der Waals surface area contributed by atoms with Crippen LogP contribution in [0.3, 0.4) is 0 Å². The molecule has 1 amide bonds. The number of carbonyl (C=O) groups is 1. The van der Waals surface area contributed by atoms with Gasteiger partial charge in [0.05, 0.1) is 12.1 Å². The Kier molecular flexibility index (Phi) is 3.07. The van der Waals surface area contributed by atoms with Crippen molar-refractivity contribution in [2.75, 3.05) is 0 Å². The molecule has 2 rings (SSSR count). The van der Waals surface area contributed by atoms with Crippen LogP contribution in [0, 0.1) is 11.3 Å². The number of nitriles is 1. The van der Waals surface area contributed by atoms with E-state index in [1.54, 1.807) is 12.4 Å². The number of rotatable bonds is 4. The molecule has 1 aromatic heterocycles. The van der Waals surface area contributed by atoms with Crippen molar-refractivity contribution in [3.05, 3.63) is 30.1 Å². The molecule has 0 radical (unpaired) electrons. The standard InChI is InChI=1S/C12H14N4O/c13-8-12(3-4-12)16-11(17)10(14)7-9-1-5-15-6-2-9/h1-2,5-6,10H,3-4,7,14H2,(H,16,17)/t10-/m0/s1. The topological polar surface area (TPSA) is 91.8 Å². The molecular formula is C12H14N4O. The second-order valence-corrected chi connectivity index (χ2v) is 4.35. The maximum atomic E-state index is 11.8. The van der Waals surface area contributed by atoms with E-state index in [1.807, 2.05) is 12.1 Å². The Hall–Kier alpha value is -1.93. The van der Waals surface area contributed by atoms with E-state index >= 15 is 0 Å².